The summed E-state index contributed by atoms with van der Waals surface area (Å²) in [5, 5.41) is 25.8. The average Bonchev–Trinajstić information content (AvgIpc) is 3.05. The number of rotatable bonds is 5. The lowest BCUT2D eigenvalue weighted by molar-refractivity contribution is -0.384. The number of aromatic nitrogens is 4. The Morgan fingerprint density at radius 2 is 1.92 bits per heavy atom. The zero-order chi connectivity index (χ0) is 18.7. The minimum atomic E-state index is -0.630. The van der Waals surface area contributed by atoms with Crippen LogP contribution in [0.1, 0.15) is 0 Å². The van der Waals surface area contributed by atoms with Crippen LogP contribution in [0.4, 0.5) is 11.4 Å². The van der Waals surface area contributed by atoms with Crippen molar-refractivity contribution in [2.75, 3.05) is 5.32 Å². The van der Waals surface area contributed by atoms with E-state index in [-0.39, 0.29) is 22.9 Å². The van der Waals surface area contributed by atoms with Gasteiger partial charge in [0.15, 0.2) is 0 Å². The van der Waals surface area contributed by atoms with E-state index in [9.17, 15) is 14.9 Å². The van der Waals surface area contributed by atoms with E-state index >= 15 is 0 Å². The van der Waals surface area contributed by atoms with Gasteiger partial charge in [0, 0.05) is 22.3 Å². The van der Waals surface area contributed by atoms with Crippen molar-refractivity contribution in [2.24, 2.45) is 0 Å². The van der Waals surface area contributed by atoms with Crippen LogP contribution in [-0.2, 0) is 11.3 Å². The number of carbonyl (C=O) groups is 1. The predicted molar refractivity (Wildman–Crippen MR) is 95.0 cm³/mol. The number of hydrogen-bond acceptors (Lipinski definition) is 6. The second kappa shape index (κ2) is 7.46. The molecule has 0 unspecified atom stereocenters. The van der Waals surface area contributed by atoms with Gasteiger partial charge in [-0.15, -0.1) is 10.2 Å². The zero-order valence-corrected chi connectivity index (χ0v) is 14.5. The van der Waals surface area contributed by atoms with E-state index in [1.165, 1.54) is 18.2 Å². The maximum absolute atomic E-state index is 12.1. The Labute approximate surface area is 156 Å². The quantitative estimate of drug-likeness (QED) is 0.526. The molecule has 0 aliphatic heterocycles. The maximum atomic E-state index is 12.1. The van der Waals surface area contributed by atoms with Crippen molar-refractivity contribution in [3.8, 4) is 11.4 Å². The van der Waals surface area contributed by atoms with Crippen molar-refractivity contribution in [3.63, 3.8) is 0 Å². The Kier molecular flexibility index (Phi) is 5.10. The summed E-state index contributed by atoms with van der Waals surface area (Å²) in [5.41, 5.74) is 0.645. The highest BCUT2D eigenvalue weighted by atomic mass is 35.5. The van der Waals surface area contributed by atoms with Gasteiger partial charge >= 0.3 is 0 Å². The molecule has 0 radical (unpaired) electrons. The SMILES string of the molecule is O=C(Cn1nnc(-c2ccc(Cl)cc2)n1)Nc1ccc(Cl)c([N+](=O)[O-])c1. The number of nitro groups is 1. The summed E-state index contributed by atoms with van der Waals surface area (Å²) < 4.78 is 0. The minimum absolute atomic E-state index is 0.0152. The highest BCUT2D eigenvalue weighted by Crippen LogP contribution is 2.27. The fourth-order valence-electron chi connectivity index (χ4n) is 2.08. The normalized spacial score (nSPS) is 10.5. The van der Waals surface area contributed by atoms with Gasteiger partial charge in [-0.3, -0.25) is 14.9 Å². The van der Waals surface area contributed by atoms with Gasteiger partial charge in [-0.1, -0.05) is 23.2 Å². The summed E-state index contributed by atoms with van der Waals surface area (Å²) in [4.78, 5) is 23.4. The van der Waals surface area contributed by atoms with Crippen LogP contribution in [0.25, 0.3) is 11.4 Å². The maximum Gasteiger partial charge on any atom is 0.289 e. The molecule has 0 aliphatic rings. The molecule has 3 aromatic rings. The molecule has 0 atom stereocenters. The van der Waals surface area contributed by atoms with Crippen molar-refractivity contribution in [2.45, 2.75) is 6.54 Å². The first-order valence-corrected chi connectivity index (χ1v) is 7.95. The molecule has 0 aliphatic carbocycles. The lowest BCUT2D eigenvalue weighted by atomic mass is 10.2. The van der Waals surface area contributed by atoms with Crippen molar-refractivity contribution in [3.05, 3.63) is 62.6 Å². The summed E-state index contributed by atoms with van der Waals surface area (Å²) in [7, 11) is 0. The first kappa shape index (κ1) is 17.8. The number of tetrazole rings is 1. The molecule has 9 nitrogen and oxygen atoms in total. The van der Waals surface area contributed by atoms with Crippen molar-refractivity contribution >= 4 is 40.5 Å². The first-order chi connectivity index (χ1) is 12.4. The molecule has 0 bridgehead atoms. The Morgan fingerprint density at radius 3 is 2.62 bits per heavy atom. The summed E-state index contributed by atoms with van der Waals surface area (Å²) in [6, 6.07) is 10.8. The van der Waals surface area contributed by atoms with Crippen LogP contribution in [0.3, 0.4) is 0 Å². The van der Waals surface area contributed by atoms with Crippen LogP contribution in [-0.4, -0.2) is 31.0 Å². The average molecular weight is 393 g/mol. The van der Waals surface area contributed by atoms with E-state index in [0.717, 1.165) is 4.80 Å². The van der Waals surface area contributed by atoms with Gasteiger partial charge in [0.1, 0.15) is 11.6 Å². The van der Waals surface area contributed by atoms with E-state index in [1.54, 1.807) is 24.3 Å². The number of anilines is 1. The summed E-state index contributed by atoms with van der Waals surface area (Å²) >= 11 is 11.6. The van der Waals surface area contributed by atoms with Gasteiger partial charge < -0.3 is 5.32 Å². The van der Waals surface area contributed by atoms with Crippen LogP contribution < -0.4 is 5.32 Å². The smallest absolute Gasteiger partial charge is 0.289 e. The van der Waals surface area contributed by atoms with Crippen LogP contribution in [0, 0.1) is 10.1 Å². The van der Waals surface area contributed by atoms with E-state index in [2.05, 4.69) is 20.7 Å². The van der Waals surface area contributed by atoms with E-state index in [1.807, 2.05) is 0 Å². The molecule has 0 spiro atoms. The monoisotopic (exact) mass is 392 g/mol. The topological polar surface area (TPSA) is 116 Å². The molecule has 0 fully saturated rings. The standard InChI is InChI=1S/C15H10Cl2N6O3/c16-10-3-1-9(2-4-10)15-19-21-22(20-15)8-14(24)18-11-5-6-12(17)13(7-11)23(25)26/h1-7H,8H2,(H,18,24). The van der Waals surface area contributed by atoms with Gasteiger partial charge in [-0.2, -0.15) is 4.80 Å². The Hall–Kier alpha value is -3.04. The Balaban J connectivity index is 1.68. The van der Waals surface area contributed by atoms with Crippen LogP contribution in [0.15, 0.2) is 42.5 Å². The largest absolute Gasteiger partial charge is 0.324 e. The highest BCUT2D eigenvalue weighted by Gasteiger charge is 2.15. The van der Waals surface area contributed by atoms with Crippen LogP contribution in [0.5, 0.6) is 0 Å². The number of nitrogens with zero attached hydrogens (tertiary/aromatic N) is 5. The first-order valence-electron chi connectivity index (χ1n) is 7.20. The Bertz CT molecular complexity index is 974. The molecule has 1 aromatic heterocycles. The summed E-state index contributed by atoms with van der Waals surface area (Å²) in [6.07, 6.45) is 0. The van der Waals surface area contributed by atoms with Gasteiger partial charge in [0.25, 0.3) is 5.69 Å². The lowest BCUT2D eigenvalue weighted by Crippen LogP contribution is -2.20. The molecule has 1 heterocycles. The van der Waals surface area contributed by atoms with Crippen molar-refractivity contribution in [1.82, 2.24) is 20.2 Å². The molecule has 1 amide bonds. The second-order valence-electron chi connectivity index (χ2n) is 5.12. The molecular formula is C15H10Cl2N6O3. The van der Waals surface area contributed by atoms with Gasteiger partial charge in [-0.05, 0) is 41.6 Å². The molecule has 1 N–H and O–H groups in total. The fourth-order valence-corrected chi connectivity index (χ4v) is 2.40. The molecule has 11 heteroatoms. The molecule has 0 saturated carbocycles. The third-order valence-electron chi connectivity index (χ3n) is 3.27. The molecule has 2 aromatic carbocycles. The number of nitro benzene ring substituents is 1. The van der Waals surface area contributed by atoms with E-state index in [0.29, 0.717) is 16.4 Å². The summed E-state index contributed by atoms with van der Waals surface area (Å²) in [5.74, 6) is -0.127. The molecule has 3 rings (SSSR count). The highest BCUT2D eigenvalue weighted by molar-refractivity contribution is 6.32. The van der Waals surface area contributed by atoms with Crippen LogP contribution >= 0.6 is 23.2 Å². The third-order valence-corrected chi connectivity index (χ3v) is 3.84. The number of benzene rings is 2. The third kappa shape index (κ3) is 4.13. The van der Waals surface area contributed by atoms with E-state index in [4.69, 9.17) is 23.2 Å². The van der Waals surface area contributed by atoms with E-state index < -0.39 is 10.8 Å². The summed E-state index contributed by atoms with van der Waals surface area (Å²) in [6.45, 7) is -0.211. The predicted octanol–water partition coefficient (Wildman–Crippen LogP) is 3.19. The molecular weight excluding hydrogens is 383 g/mol. The molecule has 0 saturated heterocycles. The number of amides is 1. The number of carbonyl (C=O) groups excluding carboxylic acids is 1. The Morgan fingerprint density at radius 1 is 1.19 bits per heavy atom. The fraction of sp³-hybridized carbons (Fsp3) is 0.0667. The second-order valence-corrected chi connectivity index (χ2v) is 5.97. The number of nitrogens with one attached hydrogen (secondary N) is 1. The number of halogens is 2. The van der Waals surface area contributed by atoms with Gasteiger partial charge in [0.2, 0.25) is 11.7 Å². The number of hydrogen-bond donors (Lipinski definition) is 1. The lowest BCUT2D eigenvalue weighted by Gasteiger charge is -2.05. The molecule has 132 valence electrons. The van der Waals surface area contributed by atoms with Crippen molar-refractivity contribution < 1.29 is 9.72 Å². The minimum Gasteiger partial charge on any atom is -0.324 e. The van der Waals surface area contributed by atoms with Crippen molar-refractivity contribution in [1.29, 1.82) is 0 Å². The van der Waals surface area contributed by atoms with Gasteiger partial charge in [0.05, 0.1) is 4.92 Å². The molecule has 26 heavy (non-hydrogen) atoms. The van der Waals surface area contributed by atoms with Crippen LogP contribution in [0.2, 0.25) is 10.0 Å². The zero-order valence-electron chi connectivity index (χ0n) is 13.0. The van der Waals surface area contributed by atoms with Gasteiger partial charge in [-0.25, -0.2) is 0 Å².